The van der Waals surface area contributed by atoms with Crippen LogP contribution < -0.4 is 0 Å². The van der Waals surface area contributed by atoms with Crippen molar-refractivity contribution >= 4 is 28.2 Å². The van der Waals surface area contributed by atoms with Gasteiger partial charge in [-0.1, -0.05) is 11.6 Å². The maximum absolute atomic E-state index is 10.9. The van der Waals surface area contributed by atoms with E-state index >= 15 is 0 Å². The van der Waals surface area contributed by atoms with Crippen LogP contribution >= 0.6 is 11.6 Å². The summed E-state index contributed by atoms with van der Waals surface area (Å²) in [6.07, 6.45) is 1.71. The van der Waals surface area contributed by atoms with Crippen molar-refractivity contribution < 1.29 is 10.0 Å². The van der Waals surface area contributed by atoms with Crippen molar-refractivity contribution in [3.8, 4) is 0 Å². The molecule has 0 saturated carbocycles. The van der Waals surface area contributed by atoms with E-state index in [1.54, 1.807) is 36.7 Å². The molecule has 1 heterocycles. The molecule has 6 heteroatoms. The second-order valence-electron chi connectivity index (χ2n) is 4.87. The summed E-state index contributed by atoms with van der Waals surface area (Å²) in [7, 11) is 0. The summed E-state index contributed by atoms with van der Waals surface area (Å²) >= 11 is 5.89. The Bertz CT molecular complexity index is 614. The van der Waals surface area contributed by atoms with Gasteiger partial charge in [0.15, 0.2) is 0 Å². The number of non-ortho nitro benzene ring substituents is 1. The molecule has 0 unspecified atom stereocenters. The second-order valence-corrected chi connectivity index (χ2v) is 5.31. The lowest BCUT2D eigenvalue weighted by atomic mass is 10.1. The minimum atomic E-state index is -0.900. The normalized spacial score (nSPS) is 12.0. The van der Waals surface area contributed by atoms with E-state index in [4.69, 9.17) is 11.6 Å². The van der Waals surface area contributed by atoms with Crippen LogP contribution in [0.25, 0.3) is 10.9 Å². The van der Waals surface area contributed by atoms with Gasteiger partial charge in [0.2, 0.25) is 0 Å². The molecule has 0 bridgehead atoms. The van der Waals surface area contributed by atoms with Gasteiger partial charge in [0.05, 0.1) is 28.0 Å². The van der Waals surface area contributed by atoms with Crippen LogP contribution in [0.3, 0.4) is 0 Å². The molecule has 0 saturated heterocycles. The molecule has 2 aromatic rings. The van der Waals surface area contributed by atoms with Gasteiger partial charge >= 0.3 is 0 Å². The average molecular weight is 269 g/mol. The van der Waals surface area contributed by atoms with E-state index < -0.39 is 10.5 Å². The molecule has 0 spiro atoms. The maximum Gasteiger partial charge on any atom is 0.280 e. The highest BCUT2D eigenvalue weighted by molar-refractivity contribution is 6.31. The van der Waals surface area contributed by atoms with E-state index in [2.05, 4.69) is 0 Å². The molecular weight excluding hydrogens is 256 g/mol. The monoisotopic (exact) mass is 268 g/mol. The van der Waals surface area contributed by atoms with E-state index in [1.165, 1.54) is 6.07 Å². The van der Waals surface area contributed by atoms with Crippen molar-refractivity contribution in [1.82, 2.24) is 4.57 Å². The SMILES string of the molecule is CC(C)(O)Cn1ccc2c([N+](=O)[O-])cc(Cl)cc21. The molecule has 0 aliphatic rings. The van der Waals surface area contributed by atoms with Gasteiger partial charge in [0.25, 0.3) is 5.69 Å². The summed E-state index contributed by atoms with van der Waals surface area (Å²) in [4.78, 5) is 10.5. The van der Waals surface area contributed by atoms with Crippen LogP contribution in [0.2, 0.25) is 5.02 Å². The number of nitro benzene ring substituents is 1. The third kappa shape index (κ3) is 2.47. The van der Waals surface area contributed by atoms with Crippen LogP contribution in [-0.4, -0.2) is 20.2 Å². The van der Waals surface area contributed by atoms with Gasteiger partial charge in [0.1, 0.15) is 0 Å². The predicted molar refractivity (Wildman–Crippen MR) is 69.9 cm³/mol. The quantitative estimate of drug-likeness (QED) is 0.687. The second kappa shape index (κ2) is 4.26. The van der Waals surface area contributed by atoms with Crippen LogP contribution in [0.5, 0.6) is 0 Å². The van der Waals surface area contributed by atoms with Gasteiger partial charge < -0.3 is 9.67 Å². The lowest BCUT2D eigenvalue weighted by Crippen LogP contribution is -2.25. The zero-order valence-electron chi connectivity index (χ0n) is 10.1. The Morgan fingerprint density at radius 3 is 2.72 bits per heavy atom. The fourth-order valence-electron chi connectivity index (χ4n) is 1.95. The van der Waals surface area contributed by atoms with Gasteiger partial charge in [-0.25, -0.2) is 0 Å². The van der Waals surface area contributed by atoms with Crippen LogP contribution in [0.1, 0.15) is 13.8 Å². The first-order valence-electron chi connectivity index (χ1n) is 5.43. The highest BCUT2D eigenvalue weighted by atomic mass is 35.5. The molecule has 0 fully saturated rings. The van der Waals surface area contributed by atoms with Crippen molar-refractivity contribution in [1.29, 1.82) is 0 Å². The first kappa shape index (κ1) is 12.9. The Morgan fingerprint density at radius 2 is 2.17 bits per heavy atom. The molecule has 1 aromatic heterocycles. The molecule has 1 N–H and O–H groups in total. The topological polar surface area (TPSA) is 68.3 Å². The standard InChI is InChI=1S/C12H13ClN2O3/c1-12(2,16)7-14-4-3-9-10(14)5-8(13)6-11(9)15(17)18/h3-6,16H,7H2,1-2H3. The number of halogens is 1. The number of aliphatic hydroxyl groups is 1. The molecule has 18 heavy (non-hydrogen) atoms. The largest absolute Gasteiger partial charge is 0.389 e. The Morgan fingerprint density at radius 1 is 1.50 bits per heavy atom. The molecule has 96 valence electrons. The number of fused-ring (bicyclic) bond motifs is 1. The molecule has 2 rings (SSSR count). The van der Waals surface area contributed by atoms with E-state index in [0.717, 1.165) is 0 Å². The number of nitro groups is 1. The van der Waals surface area contributed by atoms with Crippen molar-refractivity contribution in [3.05, 3.63) is 39.5 Å². The van der Waals surface area contributed by atoms with Gasteiger partial charge in [-0.15, -0.1) is 0 Å². The molecule has 1 aromatic carbocycles. The molecular formula is C12H13ClN2O3. The van der Waals surface area contributed by atoms with Crippen molar-refractivity contribution in [3.63, 3.8) is 0 Å². The molecule has 0 radical (unpaired) electrons. The van der Waals surface area contributed by atoms with Gasteiger partial charge in [-0.3, -0.25) is 10.1 Å². The first-order valence-corrected chi connectivity index (χ1v) is 5.81. The van der Waals surface area contributed by atoms with Crippen LogP contribution in [0.4, 0.5) is 5.69 Å². The van der Waals surface area contributed by atoms with Crippen molar-refractivity contribution in [2.45, 2.75) is 26.0 Å². The summed E-state index contributed by atoms with van der Waals surface area (Å²) in [5.74, 6) is 0. The minimum Gasteiger partial charge on any atom is -0.389 e. The number of hydrogen-bond donors (Lipinski definition) is 1. The van der Waals surface area contributed by atoms with Gasteiger partial charge in [0, 0.05) is 17.3 Å². The minimum absolute atomic E-state index is 0.0213. The third-order valence-electron chi connectivity index (χ3n) is 2.59. The fraction of sp³-hybridized carbons (Fsp3) is 0.333. The zero-order valence-corrected chi connectivity index (χ0v) is 10.8. The average Bonchev–Trinajstić information content (AvgIpc) is 2.58. The highest BCUT2D eigenvalue weighted by Gasteiger charge is 2.19. The van der Waals surface area contributed by atoms with Crippen molar-refractivity contribution in [2.75, 3.05) is 0 Å². The molecule has 0 aliphatic heterocycles. The summed E-state index contributed by atoms with van der Waals surface area (Å²) in [5.41, 5.74) is -0.272. The summed E-state index contributed by atoms with van der Waals surface area (Å²) in [5, 5.41) is 21.6. The number of aromatic nitrogens is 1. The third-order valence-corrected chi connectivity index (χ3v) is 2.80. The molecule has 0 atom stereocenters. The van der Waals surface area contributed by atoms with Gasteiger partial charge in [-0.2, -0.15) is 0 Å². The number of benzene rings is 1. The molecule has 0 aliphatic carbocycles. The number of rotatable bonds is 3. The first-order chi connectivity index (χ1) is 8.28. The Hall–Kier alpha value is -1.59. The van der Waals surface area contributed by atoms with Crippen molar-refractivity contribution in [2.24, 2.45) is 0 Å². The summed E-state index contributed by atoms with van der Waals surface area (Å²) in [6, 6.07) is 4.66. The van der Waals surface area contributed by atoms with E-state index in [9.17, 15) is 15.2 Å². The van der Waals surface area contributed by atoms with E-state index in [-0.39, 0.29) is 5.69 Å². The predicted octanol–water partition coefficient (Wildman–Crippen LogP) is 2.97. The van der Waals surface area contributed by atoms with Crippen LogP contribution in [0, 0.1) is 10.1 Å². The fourth-order valence-corrected chi connectivity index (χ4v) is 2.16. The number of hydrogen-bond acceptors (Lipinski definition) is 3. The van der Waals surface area contributed by atoms with Gasteiger partial charge in [-0.05, 0) is 26.0 Å². The molecule has 5 nitrogen and oxygen atoms in total. The summed E-state index contributed by atoms with van der Waals surface area (Å²) in [6.45, 7) is 3.70. The van der Waals surface area contributed by atoms with E-state index in [0.29, 0.717) is 22.5 Å². The maximum atomic E-state index is 10.9. The highest BCUT2D eigenvalue weighted by Crippen LogP contribution is 2.31. The van der Waals surface area contributed by atoms with Crippen LogP contribution in [0.15, 0.2) is 24.4 Å². The lowest BCUT2D eigenvalue weighted by molar-refractivity contribution is -0.383. The van der Waals surface area contributed by atoms with Crippen LogP contribution in [-0.2, 0) is 6.54 Å². The number of nitrogens with zero attached hydrogens (tertiary/aromatic N) is 2. The summed E-state index contributed by atoms with van der Waals surface area (Å²) < 4.78 is 1.76. The zero-order chi connectivity index (χ0) is 13.5. The lowest BCUT2D eigenvalue weighted by Gasteiger charge is -2.18. The van der Waals surface area contributed by atoms with E-state index in [1.807, 2.05) is 0 Å². The smallest absolute Gasteiger partial charge is 0.280 e. The Balaban J connectivity index is 2.63. The Kier molecular flexibility index (Phi) is 3.04. The molecule has 0 amide bonds. The Labute approximate surface area is 109 Å².